The molecule has 1 N–H and O–H groups in total. The van der Waals surface area contributed by atoms with Crippen LogP contribution in [-0.2, 0) is 17.1 Å². The van der Waals surface area contributed by atoms with Crippen molar-refractivity contribution in [1.82, 2.24) is 14.5 Å². The van der Waals surface area contributed by atoms with Gasteiger partial charge in [-0.15, -0.1) is 0 Å². The zero-order valence-corrected chi connectivity index (χ0v) is 18.2. The number of hydrogen-bond donors (Lipinski definition) is 1. The summed E-state index contributed by atoms with van der Waals surface area (Å²) in [7, 11) is -1.27. The standard InChI is InChI=1S/C18H14Cl3N3O4S/c1-24-16(10-5-11(19)7-12(20)6-10)9-15(22-24)18(25)23-29(26,27)17-8-13(28-2)3-4-14(17)21/h3-9H,1-2H3,(H,23,25). The molecule has 0 atom stereocenters. The van der Waals surface area contributed by atoms with Gasteiger partial charge in [0.2, 0.25) is 0 Å². The maximum absolute atomic E-state index is 12.6. The summed E-state index contributed by atoms with van der Waals surface area (Å²) in [6.07, 6.45) is 0. The van der Waals surface area contributed by atoms with Crippen LogP contribution in [0.4, 0.5) is 0 Å². The molecular weight excluding hydrogens is 461 g/mol. The molecule has 0 radical (unpaired) electrons. The van der Waals surface area contributed by atoms with Gasteiger partial charge in [0.15, 0.2) is 5.69 Å². The third kappa shape index (κ3) is 4.67. The van der Waals surface area contributed by atoms with Crippen molar-refractivity contribution in [3.8, 4) is 17.0 Å². The molecule has 0 spiro atoms. The van der Waals surface area contributed by atoms with Gasteiger partial charge >= 0.3 is 0 Å². The monoisotopic (exact) mass is 473 g/mol. The number of ether oxygens (including phenoxy) is 1. The van der Waals surface area contributed by atoms with Crippen LogP contribution in [0.5, 0.6) is 5.75 Å². The summed E-state index contributed by atoms with van der Waals surface area (Å²) in [5.41, 5.74) is 1.03. The molecule has 1 amide bonds. The van der Waals surface area contributed by atoms with Crippen molar-refractivity contribution in [2.24, 2.45) is 7.05 Å². The molecule has 11 heteroatoms. The topological polar surface area (TPSA) is 90.3 Å². The number of nitrogens with one attached hydrogen (secondary N) is 1. The van der Waals surface area contributed by atoms with Gasteiger partial charge in [0, 0.05) is 28.7 Å². The first-order valence-electron chi connectivity index (χ1n) is 8.02. The van der Waals surface area contributed by atoms with Crippen LogP contribution in [-0.4, -0.2) is 31.2 Å². The molecule has 0 aliphatic carbocycles. The minimum atomic E-state index is -4.26. The number of nitrogens with zero attached hydrogens (tertiary/aromatic N) is 2. The molecule has 2 aromatic carbocycles. The summed E-state index contributed by atoms with van der Waals surface area (Å²) >= 11 is 18.0. The second kappa shape index (κ2) is 8.23. The second-order valence-corrected chi connectivity index (χ2v) is 8.86. The summed E-state index contributed by atoms with van der Waals surface area (Å²) < 4.78 is 33.6. The van der Waals surface area contributed by atoms with Crippen molar-refractivity contribution in [2.75, 3.05) is 7.11 Å². The number of aryl methyl sites for hydroxylation is 1. The van der Waals surface area contributed by atoms with Crippen LogP contribution in [0.2, 0.25) is 15.1 Å². The SMILES string of the molecule is COc1ccc(Cl)c(S(=O)(=O)NC(=O)c2cc(-c3cc(Cl)cc(Cl)c3)n(C)n2)c1. The average molecular weight is 475 g/mol. The maximum Gasteiger partial charge on any atom is 0.285 e. The quantitative estimate of drug-likeness (QED) is 0.599. The first kappa shape index (κ1) is 21.4. The number of sulfonamides is 1. The summed E-state index contributed by atoms with van der Waals surface area (Å²) in [5.74, 6) is -0.640. The number of aromatic nitrogens is 2. The van der Waals surface area contributed by atoms with Crippen molar-refractivity contribution in [2.45, 2.75) is 4.90 Å². The van der Waals surface area contributed by atoms with Gasteiger partial charge in [0.1, 0.15) is 10.6 Å². The van der Waals surface area contributed by atoms with E-state index in [-0.39, 0.29) is 21.4 Å². The number of rotatable bonds is 5. The van der Waals surface area contributed by atoms with Gasteiger partial charge in [-0.3, -0.25) is 9.48 Å². The molecule has 0 bridgehead atoms. The van der Waals surface area contributed by atoms with E-state index in [2.05, 4.69) is 5.10 Å². The van der Waals surface area contributed by atoms with Gasteiger partial charge in [-0.05, 0) is 36.4 Å². The Bertz CT molecular complexity index is 1190. The van der Waals surface area contributed by atoms with Crippen LogP contribution in [0, 0.1) is 0 Å². The summed E-state index contributed by atoms with van der Waals surface area (Å²) in [6.45, 7) is 0. The van der Waals surface area contributed by atoms with Gasteiger partial charge in [-0.2, -0.15) is 5.10 Å². The first-order valence-corrected chi connectivity index (χ1v) is 10.6. The summed E-state index contributed by atoms with van der Waals surface area (Å²) in [6, 6.07) is 10.4. The van der Waals surface area contributed by atoms with E-state index < -0.39 is 15.9 Å². The lowest BCUT2D eigenvalue weighted by Gasteiger charge is -2.09. The fourth-order valence-corrected chi connectivity index (χ4v) is 4.60. The number of carbonyl (C=O) groups excluding carboxylic acids is 1. The minimum absolute atomic E-state index is 0.0543. The van der Waals surface area contributed by atoms with E-state index >= 15 is 0 Å². The fourth-order valence-electron chi connectivity index (χ4n) is 2.60. The molecule has 7 nitrogen and oxygen atoms in total. The largest absolute Gasteiger partial charge is 0.497 e. The molecule has 0 saturated heterocycles. The van der Waals surface area contributed by atoms with E-state index in [1.165, 1.54) is 36.1 Å². The molecule has 152 valence electrons. The Kier molecular flexibility index (Phi) is 6.09. The van der Waals surface area contributed by atoms with Gasteiger partial charge in [-0.1, -0.05) is 34.8 Å². The lowest BCUT2D eigenvalue weighted by Crippen LogP contribution is -2.31. The zero-order valence-electron chi connectivity index (χ0n) is 15.1. The molecule has 0 saturated carbocycles. The molecule has 3 rings (SSSR count). The molecule has 0 unspecified atom stereocenters. The van der Waals surface area contributed by atoms with Gasteiger partial charge in [0.05, 0.1) is 17.8 Å². The van der Waals surface area contributed by atoms with E-state index in [0.29, 0.717) is 21.3 Å². The van der Waals surface area contributed by atoms with E-state index in [1.54, 1.807) is 25.2 Å². The molecule has 1 heterocycles. The van der Waals surface area contributed by atoms with Crippen LogP contribution >= 0.6 is 34.8 Å². The normalized spacial score (nSPS) is 11.3. The Morgan fingerprint density at radius 1 is 1.07 bits per heavy atom. The highest BCUT2D eigenvalue weighted by Crippen LogP contribution is 2.28. The van der Waals surface area contributed by atoms with Crippen LogP contribution in [0.1, 0.15) is 10.5 Å². The number of methoxy groups -OCH3 is 1. The third-order valence-electron chi connectivity index (χ3n) is 3.93. The van der Waals surface area contributed by atoms with Crippen molar-refractivity contribution in [3.05, 3.63) is 63.2 Å². The van der Waals surface area contributed by atoms with E-state index in [9.17, 15) is 13.2 Å². The zero-order chi connectivity index (χ0) is 21.3. The molecular formula is C18H14Cl3N3O4S. The van der Waals surface area contributed by atoms with Crippen molar-refractivity contribution in [1.29, 1.82) is 0 Å². The predicted octanol–water partition coefficient (Wildman–Crippen LogP) is 4.17. The number of amides is 1. The van der Waals surface area contributed by atoms with Crippen LogP contribution in [0.25, 0.3) is 11.3 Å². The second-order valence-electron chi connectivity index (χ2n) is 5.93. The molecule has 0 aliphatic rings. The van der Waals surface area contributed by atoms with Gasteiger partial charge in [0.25, 0.3) is 15.9 Å². The molecule has 1 aromatic heterocycles. The number of halogens is 3. The van der Waals surface area contributed by atoms with Crippen LogP contribution in [0.3, 0.4) is 0 Å². The Labute approximate surface area is 182 Å². The Morgan fingerprint density at radius 3 is 2.34 bits per heavy atom. The summed E-state index contributed by atoms with van der Waals surface area (Å²) in [4.78, 5) is 12.3. The number of carbonyl (C=O) groups is 1. The third-order valence-corrected chi connectivity index (χ3v) is 6.17. The average Bonchev–Trinajstić information content (AvgIpc) is 3.03. The van der Waals surface area contributed by atoms with Gasteiger partial charge < -0.3 is 4.74 Å². The Balaban J connectivity index is 1.92. The number of benzene rings is 2. The lowest BCUT2D eigenvalue weighted by atomic mass is 10.1. The molecule has 3 aromatic rings. The van der Waals surface area contributed by atoms with E-state index in [4.69, 9.17) is 39.5 Å². The molecule has 29 heavy (non-hydrogen) atoms. The number of hydrogen-bond acceptors (Lipinski definition) is 5. The molecule has 0 fully saturated rings. The Morgan fingerprint density at radius 2 is 1.72 bits per heavy atom. The van der Waals surface area contributed by atoms with Crippen molar-refractivity contribution >= 4 is 50.7 Å². The first-order chi connectivity index (χ1) is 13.6. The Hall–Kier alpha value is -2.26. The fraction of sp³-hybridized carbons (Fsp3) is 0.111. The summed E-state index contributed by atoms with van der Waals surface area (Å²) in [5, 5.41) is 4.85. The van der Waals surface area contributed by atoms with Gasteiger partial charge in [-0.25, -0.2) is 13.1 Å². The van der Waals surface area contributed by atoms with Crippen LogP contribution < -0.4 is 9.46 Å². The lowest BCUT2D eigenvalue weighted by molar-refractivity contribution is 0.0976. The van der Waals surface area contributed by atoms with Crippen molar-refractivity contribution < 1.29 is 17.9 Å². The minimum Gasteiger partial charge on any atom is -0.497 e. The maximum atomic E-state index is 12.6. The highest BCUT2D eigenvalue weighted by molar-refractivity contribution is 7.90. The highest BCUT2D eigenvalue weighted by Gasteiger charge is 2.24. The van der Waals surface area contributed by atoms with E-state index in [1.807, 2.05) is 4.72 Å². The van der Waals surface area contributed by atoms with Crippen molar-refractivity contribution in [3.63, 3.8) is 0 Å². The smallest absolute Gasteiger partial charge is 0.285 e. The van der Waals surface area contributed by atoms with Crippen LogP contribution in [0.15, 0.2) is 47.4 Å². The van der Waals surface area contributed by atoms with E-state index in [0.717, 1.165) is 0 Å². The highest BCUT2D eigenvalue weighted by atomic mass is 35.5. The predicted molar refractivity (Wildman–Crippen MR) is 111 cm³/mol. The molecule has 0 aliphatic heterocycles.